The van der Waals surface area contributed by atoms with Gasteiger partial charge in [0.15, 0.2) is 11.7 Å². The van der Waals surface area contributed by atoms with Crippen LogP contribution in [0.3, 0.4) is 0 Å². The van der Waals surface area contributed by atoms with Crippen LogP contribution in [0.4, 0.5) is 5.69 Å². The van der Waals surface area contributed by atoms with Crippen molar-refractivity contribution >= 4 is 29.3 Å². The summed E-state index contributed by atoms with van der Waals surface area (Å²) in [4.78, 5) is 31.4. The number of benzene rings is 2. The average Bonchev–Trinajstić information content (AvgIpc) is 3.49. The number of carbonyl (C=O) groups is 2. The quantitative estimate of drug-likeness (QED) is 0.615. The number of hydrogen-bond donors (Lipinski definition) is 1. The molecule has 4 rings (SSSR count). The van der Waals surface area contributed by atoms with Crippen molar-refractivity contribution in [3.8, 4) is 17.4 Å². The van der Waals surface area contributed by atoms with Crippen molar-refractivity contribution in [3.05, 3.63) is 71.7 Å². The Morgan fingerprint density at radius 3 is 2.69 bits per heavy atom. The predicted octanol–water partition coefficient (Wildman–Crippen LogP) is 3.99. The lowest BCUT2D eigenvalue weighted by Gasteiger charge is -2.23. The SMILES string of the molecule is Cc1ccc(-c2cnc(CCC(=O)N3CSCC3C(=O)Nc3ccc(C#N)cc3)o2)cc1. The van der Waals surface area contributed by atoms with Crippen molar-refractivity contribution in [3.63, 3.8) is 0 Å². The third-order valence-electron chi connectivity index (χ3n) is 5.23. The van der Waals surface area contributed by atoms with Crippen LogP contribution in [0.25, 0.3) is 11.3 Å². The third-order valence-corrected chi connectivity index (χ3v) is 6.24. The van der Waals surface area contributed by atoms with Crippen LogP contribution in [0.2, 0.25) is 0 Å². The van der Waals surface area contributed by atoms with Gasteiger partial charge in [0.2, 0.25) is 11.8 Å². The molecule has 1 aliphatic heterocycles. The molecular weight excluding hydrogens is 424 g/mol. The number of carbonyl (C=O) groups excluding carboxylic acids is 2. The number of thioether (sulfide) groups is 1. The topological polar surface area (TPSA) is 99.2 Å². The molecule has 1 saturated heterocycles. The first-order valence-corrected chi connectivity index (χ1v) is 11.4. The van der Waals surface area contributed by atoms with Crippen LogP contribution >= 0.6 is 11.8 Å². The lowest BCUT2D eigenvalue weighted by atomic mass is 10.1. The molecule has 1 N–H and O–H groups in total. The van der Waals surface area contributed by atoms with Crippen molar-refractivity contribution in [1.29, 1.82) is 5.26 Å². The average molecular weight is 447 g/mol. The summed E-state index contributed by atoms with van der Waals surface area (Å²) in [5, 5.41) is 11.7. The minimum Gasteiger partial charge on any atom is -0.441 e. The maximum absolute atomic E-state index is 12.8. The zero-order valence-corrected chi connectivity index (χ0v) is 18.4. The monoisotopic (exact) mass is 446 g/mol. The Hall–Kier alpha value is -3.57. The molecule has 32 heavy (non-hydrogen) atoms. The standard InChI is InChI=1S/C24H22N4O3S/c1-16-2-6-18(7-3-16)21-13-26-22(31-21)10-11-23(29)28-15-32-14-20(28)24(30)27-19-8-4-17(12-25)5-9-19/h2-9,13,20H,10-11,14-15H2,1H3,(H,27,30). The van der Waals surface area contributed by atoms with E-state index in [1.54, 1.807) is 47.1 Å². The zero-order valence-electron chi connectivity index (χ0n) is 17.6. The largest absolute Gasteiger partial charge is 0.441 e. The van der Waals surface area contributed by atoms with Crippen LogP contribution in [-0.4, -0.2) is 39.4 Å². The van der Waals surface area contributed by atoms with Crippen LogP contribution < -0.4 is 5.32 Å². The van der Waals surface area contributed by atoms with E-state index in [-0.39, 0.29) is 18.2 Å². The van der Waals surface area contributed by atoms with Gasteiger partial charge in [0.1, 0.15) is 6.04 Å². The van der Waals surface area contributed by atoms with Gasteiger partial charge in [-0.2, -0.15) is 5.26 Å². The van der Waals surface area contributed by atoms with Gasteiger partial charge in [-0.1, -0.05) is 29.8 Å². The van der Waals surface area contributed by atoms with Gasteiger partial charge in [-0.3, -0.25) is 9.59 Å². The summed E-state index contributed by atoms with van der Waals surface area (Å²) in [6.07, 6.45) is 2.26. The van der Waals surface area contributed by atoms with Gasteiger partial charge >= 0.3 is 0 Å². The molecule has 0 spiro atoms. The molecule has 0 aliphatic carbocycles. The second-order valence-corrected chi connectivity index (χ2v) is 8.54. The fourth-order valence-corrected chi connectivity index (χ4v) is 4.57. The van der Waals surface area contributed by atoms with Crippen molar-refractivity contribution in [2.75, 3.05) is 16.9 Å². The van der Waals surface area contributed by atoms with E-state index in [2.05, 4.69) is 10.3 Å². The summed E-state index contributed by atoms with van der Waals surface area (Å²) in [7, 11) is 0. The molecule has 1 unspecified atom stereocenters. The molecular formula is C24H22N4O3S. The Morgan fingerprint density at radius 1 is 1.22 bits per heavy atom. The number of nitrogens with one attached hydrogen (secondary N) is 1. The Kier molecular flexibility index (Phi) is 6.57. The molecule has 8 heteroatoms. The molecule has 162 valence electrons. The molecule has 0 bridgehead atoms. The molecule has 1 aromatic heterocycles. The third kappa shape index (κ3) is 5.01. The van der Waals surface area contributed by atoms with Crippen molar-refractivity contribution < 1.29 is 14.0 Å². The summed E-state index contributed by atoms with van der Waals surface area (Å²) in [6.45, 7) is 2.02. The second kappa shape index (κ2) is 9.71. The number of nitriles is 1. The molecule has 1 atom stereocenters. The van der Waals surface area contributed by atoms with Gasteiger partial charge in [0.25, 0.3) is 0 Å². The van der Waals surface area contributed by atoms with Gasteiger partial charge in [-0.05, 0) is 31.2 Å². The van der Waals surface area contributed by atoms with Crippen LogP contribution in [0.15, 0.2) is 59.1 Å². The minimum atomic E-state index is -0.532. The summed E-state index contributed by atoms with van der Waals surface area (Å²) in [5.74, 6) is 1.86. The first-order chi connectivity index (χ1) is 15.5. The molecule has 2 heterocycles. The summed E-state index contributed by atoms with van der Waals surface area (Å²) in [6, 6.07) is 16.1. The van der Waals surface area contributed by atoms with E-state index in [0.717, 1.165) is 5.56 Å². The van der Waals surface area contributed by atoms with E-state index in [1.807, 2.05) is 37.3 Å². The summed E-state index contributed by atoms with van der Waals surface area (Å²) >= 11 is 1.55. The minimum absolute atomic E-state index is 0.106. The van der Waals surface area contributed by atoms with Crippen LogP contribution in [0.5, 0.6) is 0 Å². The van der Waals surface area contributed by atoms with Gasteiger partial charge < -0.3 is 14.6 Å². The highest BCUT2D eigenvalue weighted by atomic mass is 32.2. The fraction of sp³-hybridized carbons (Fsp3) is 0.250. The maximum atomic E-state index is 12.8. The Morgan fingerprint density at radius 2 is 1.97 bits per heavy atom. The number of hydrogen-bond acceptors (Lipinski definition) is 6. The number of anilines is 1. The van der Waals surface area contributed by atoms with Crippen molar-refractivity contribution in [2.45, 2.75) is 25.8 Å². The van der Waals surface area contributed by atoms with E-state index in [0.29, 0.717) is 41.0 Å². The Balaban J connectivity index is 1.34. The molecule has 0 radical (unpaired) electrons. The molecule has 0 saturated carbocycles. The summed E-state index contributed by atoms with van der Waals surface area (Å²) < 4.78 is 5.81. The fourth-order valence-electron chi connectivity index (χ4n) is 3.39. The highest BCUT2D eigenvalue weighted by Gasteiger charge is 2.34. The van der Waals surface area contributed by atoms with Crippen LogP contribution in [0.1, 0.15) is 23.4 Å². The van der Waals surface area contributed by atoms with Gasteiger partial charge in [0.05, 0.1) is 23.7 Å². The number of aromatic nitrogens is 1. The van der Waals surface area contributed by atoms with Gasteiger partial charge in [-0.15, -0.1) is 11.8 Å². The number of rotatable bonds is 6. The molecule has 1 fully saturated rings. The molecule has 2 aromatic carbocycles. The first-order valence-electron chi connectivity index (χ1n) is 10.2. The van der Waals surface area contributed by atoms with Crippen LogP contribution in [0, 0.1) is 18.3 Å². The maximum Gasteiger partial charge on any atom is 0.248 e. The lowest BCUT2D eigenvalue weighted by molar-refractivity contribution is -0.136. The van der Waals surface area contributed by atoms with Gasteiger partial charge in [-0.25, -0.2) is 4.98 Å². The molecule has 2 amide bonds. The van der Waals surface area contributed by atoms with E-state index in [9.17, 15) is 9.59 Å². The van der Waals surface area contributed by atoms with E-state index < -0.39 is 6.04 Å². The summed E-state index contributed by atoms with van der Waals surface area (Å²) in [5.41, 5.74) is 3.23. The molecule has 7 nitrogen and oxygen atoms in total. The molecule has 1 aliphatic rings. The van der Waals surface area contributed by atoms with E-state index >= 15 is 0 Å². The Bertz CT molecular complexity index is 1150. The van der Waals surface area contributed by atoms with Gasteiger partial charge in [0, 0.05) is 29.8 Å². The normalized spacial score (nSPS) is 15.4. The van der Waals surface area contributed by atoms with Crippen LogP contribution in [-0.2, 0) is 16.0 Å². The number of oxazole rings is 1. The predicted molar refractivity (Wildman–Crippen MR) is 123 cm³/mol. The first kappa shape index (κ1) is 21.7. The second-order valence-electron chi connectivity index (χ2n) is 7.54. The number of amides is 2. The highest BCUT2D eigenvalue weighted by Crippen LogP contribution is 2.25. The smallest absolute Gasteiger partial charge is 0.248 e. The van der Waals surface area contributed by atoms with Crippen molar-refractivity contribution in [1.82, 2.24) is 9.88 Å². The Labute approximate surface area is 190 Å². The van der Waals surface area contributed by atoms with Crippen molar-refractivity contribution in [2.24, 2.45) is 0 Å². The number of aryl methyl sites for hydroxylation is 2. The lowest BCUT2D eigenvalue weighted by Crippen LogP contribution is -2.44. The van der Waals surface area contributed by atoms with E-state index in [1.165, 1.54) is 5.56 Å². The number of nitrogens with zero attached hydrogens (tertiary/aromatic N) is 3. The molecule has 3 aromatic rings. The van der Waals surface area contributed by atoms with E-state index in [4.69, 9.17) is 9.68 Å². The highest BCUT2D eigenvalue weighted by molar-refractivity contribution is 7.99. The zero-order chi connectivity index (χ0) is 22.5.